The lowest BCUT2D eigenvalue weighted by Crippen LogP contribution is -2.12. The molecule has 5 nitrogen and oxygen atoms in total. The molecule has 0 atom stereocenters. The minimum absolute atomic E-state index is 0.0529. The Kier molecular flexibility index (Phi) is 3.15. The molecule has 82 valence electrons. The van der Waals surface area contributed by atoms with Gasteiger partial charge in [0.25, 0.3) is 6.43 Å². The summed E-state index contributed by atoms with van der Waals surface area (Å²) in [5, 5.41) is 8.67. The maximum absolute atomic E-state index is 12.4. The Balaban J connectivity index is 3.39. The largest absolute Gasteiger partial charge is 0.478 e. The molecule has 0 aromatic carbocycles. The van der Waals surface area contributed by atoms with Crippen LogP contribution < -0.4 is 11.5 Å². The van der Waals surface area contributed by atoms with Crippen LogP contribution in [0.5, 0.6) is 0 Å². The number of halogens is 2. The third kappa shape index (κ3) is 2.18. The molecule has 0 unspecified atom stereocenters. The highest BCUT2D eigenvalue weighted by atomic mass is 19.3. The summed E-state index contributed by atoms with van der Waals surface area (Å²) in [6, 6.07) is 1.02. The van der Waals surface area contributed by atoms with Gasteiger partial charge in [-0.1, -0.05) is 0 Å². The van der Waals surface area contributed by atoms with Crippen LogP contribution in [0.2, 0.25) is 0 Å². The number of rotatable bonds is 3. The fourth-order valence-electron chi connectivity index (χ4n) is 1.09. The highest BCUT2D eigenvalue weighted by Gasteiger charge is 2.21. The molecule has 0 saturated heterocycles. The molecule has 0 aliphatic carbocycles. The lowest BCUT2D eigenvalue weighted by atomic mass is 10.1. The number of aromatic carboxylic acids is 1. The summed E-state index contributed by atoms with van der Waals surface area (Å²) in [6.07, 6.45) is -2.98. The fraction of sp³-hybridized carbons (Fsp3) is 0.250. The van der Waals surface area contributed by atoms with Gasteiger partial charge in [0.15, 0.2) is 0 Å². The van der Waals surface area contributed by atoms with E-state index >= 15 is 0 Å². The van der Waals surface area contributed by atoms with Gasteiger partial charge in [-0.05, 0) is 6.07 Å². The Bertz CT molecular complexity index is 396. The van der Waals surface area contributed by atoms with Crippen LogP contribution in [0.25, 0.3) is 0 Å². The maximum Gasteiger partial charge on any atom is 0.337 e. The Labute approximate surface area is 83.7 Å². The minimum atomic E-state index is -2.98. The zero-order valence-corrected chi connectivity index (χ0v) is 7.58. The van der Waals surface area contributed by atoms with Gasteiger partial charge in [0.1, 0.15) is 11.5 Å². The van der Waals surface area contributed by atoms with E-state index in [0.29, 0.717) is 0 Å². The number of nitrogens with two attached hydrogens (primary N) is 2. The first-order valence-electron chi connectivity index (χ1n) is 3.98. The van der Waals surface area contributed by atoms with Crippen molar-refractivity contribution in [3.63, 3.8) is 0 Å². The molecule has 0 spiro atoms. The molecule has 7 heteroatoms. The van der Waals surface area contributed by atoms with Gasteiger partial charge in [0, 0.05) is 12.1 Å². The molecule has 15 heavy (non-hydrogen) atoms. The third-order valence-corrected chi connectivity index (χ3v) is 1.82. The molecule has 1 rings (SSSR count). The summed E-state index contributed by atoms with van der Waals surface area (Å²) >= 11 is 0. The van der Waals surface area contributed by atoms with E-state index < -0.39 is 23.7 Å². The van der Waals surface area contributed by atoms with Gasteiger partial charge in [0.05, 0.1) is 5.56 Å². The molecular weight excluding hydrogens is 208 g/mol. The van der Waals surface area contributed by atoms with Crippen molar-refractivity contribution in [1.82, 2.24) is 4.98 Å². The average molecular weight is 217 g/mol. The highest BCUT2D eigenvalue weighted by Crippen LogP contribution is 2.24. The number of carboxylic acid groups (broad SMARTS) is 1. The third-order valence-electron chi connectivity index (χ3n) is 1.82. The van der Waals surface area contributed by atoms with E-state index in [1.807, 2.05) is 0 Å². The van der Waals surface area contributed by atoms with Gasteiger partial charge in [-0.15, -0.1) is 0 Å². The number of aromatic nitrogens is 1. The number of hydrogen-bond donors (Lipinski definition) is 3. The number of carboxylic acids is 1. The number of anilines is 1. The van der Waals surface area contributed by atoms with Crippen molar-refractivity contribution in [3.05, 3.63) is 22.9 Å². The first kappa shape index (κ1) is 11.3. The van der Waals surface area contributed by atoms with Crippen molar-refractivity contribution in [1.29, 1.82) is 0 Å². The molecule has 0 amide bonds. The molecule has 0 radical (unpaired) electrons. The van der Waals surface area contributed by atoms with Crippen LogP contribution in [-0.4, -0.2) is 16.1 Å². The van der Waals surface area contributed by atoms with Crippen molar-refractivity contribution in [2.24, 2.45) is 5.73 Å². The maximum atomic E-state index is 12.4. The fourth-order valence-corrected chi connectivity index (χ4v) is 1.09. The van der Waals surface area contributed by atoms with E-state index in [1.165, 1.54) is 0 Å². The second-order valence-corrected chi connectivity index (χ2v) is 2.78. The summed E-state index contributed by atoms with van der Waals surface area (Å²) < 4.78 is 24.8. The molecule has 1 aromatic heterocycles. The predicted molar refractivity (Wildman–Crippen MR) is 48.5 cm³/mol. The van der Waals surface area contributed by atoms with Crippen molar-refractivity contribution in [2.45, 2.75) is 13.0 Å². The lowest BCUT2D eigenvalue weighted by Gasteiger charge is -2.08. The number of nitrogen functional groups attached to an aromatic ring is 1. The molecule has 0 fully saturated rings. The van der Waals surface area contributed by atoms with E-state index in [0.717, 1.165) is 6.07 Å². The molecule has 5 N–H and O–H groups in total. The molecule has 1 heterocycles. The van der Waals surface area contributed by atoms with E-state index in [-0.39, 0.29) is 17.9 Å². The van der Waals surface area contributed by atoms with Gasteiger partial charge in [-0.3, -0.25) is 0 Å². The minimum Gasteiger partial charge on any atom is -0.478 e. The summed E-state index contributed by atoms with van der Waals surface area (Å²) in [7, 11) is 0. The van der Waals surface area contributed by atoms with Crippen molar-refractivity contribution >= 4 is 11.8 Å². The topological polar surface area (TPSA) is 102 Å². The first-order valence-corrected chi connectivity index (χ1v) is 3.98. The van der Waals surface area contributed by atoms with Crippen LogP contribution in [0.15, 0.2) is 6.07 Å². The van der Waals surface area contributed by atoms with Gasteiger partial charge in [-0.25, -0.2) is 18.6 Å². The van der Waals surface area contributed by atoms with E-state index in [4.69, 9.17) is 16.6 Å². The summed E-state index contributed by atoms with van der Waals surface area (Å²) in [5.74, 6) is -1.65. The number of carbonyl (C=O) groups is 1. The number of pyridine rings is 1. The molecule has 1 aromatic rings. The average Bonchev–Trinajstić information content (AvgIpc) is 2.16. The van der Waals surface area contributed by atoms with Gasteiger partial charge in [-0.2, -0.15) is 0 Å². The smallest absolute Gasteiger partial charge is 0.337 e. The van der Waals surface area contributed by atoms with E-state index in [2.05, 4.69) is 4.98 Å². The summed E-state index contributed by atoms with van der Waals surface area (Å²) in [5.41, 5.74) is 9.39. The van der Waals surface area contributed by atoms with Crippen LogP contribution in [0.4, 0.5) is 14.6 Å². The molecule has 0 aliphatic rings. The highest BCUT2D eigenvalue weighted by molar-refractivity contribution is 5.89. The van der Waals surface area contributed by atoms with Crippen LogP contribution in [-0.2, 0) is 6.54 Å². The van der Waals surface area contributed by atoms with Gasteiger partial charge < -0.3 is 16.6 Å². The van der Waals surface area contributed by atoms with Crippen molar-refractivity contribution in [2.75, 3.05) is 5.73 Å². The van der Waals surface area contributed by atoms with Gasteiger partial charge >= 0.3 is 5.97 Å². The summed E-state index contributed by atoms with van der Waals surface area (Å²) in [6.45, 7) is -0.0529. The zero-order valence-electron chi connectivity index (χ0n) is 7.58. The van der Waals surface area contributed by atoms with Crippen LogP contribution in [0, 0.1) is 0 Å². The Morgan fingerprint density at radius 2 is 2.20 bits per heavy atom. The Morgan fingerprint density at radius 1 is 1.60 bits per heavy atom. The lowest BCUT2D eigenvalue weighted by molar-refractivity contribution is 0.0682. The summed E-state index contributed by atoms with van der Waals surface area (Å²) in [4.78, 5) is 14.0. The molecular formula is C8H9F2N3O2. The van der Waals surface area contributed by atoms with E-state index in [9.17, 15) is 13.6 Å². The van der Waals surface area contributed by atoms with Crippen molar-refractivity contribution < 1.29 is 18.7 Å². The monoisotopic (exact) mass is 217 g/mol. The van der Waals surface area contributed by atoms with Crippen LogP contribution in [0.1, 0.15) is 28.0 Å². The second-order valence-electron chi connectivity index (χ2n) is 2.78. The Hall–Kier alpha value is -1.76. The first-order chi connectivity index (χ1) is 6.97. The number of hydrogen-bond acceptors (Lipinski definition) is 4. The van der Waals surface area contributed by atoms with E-state index in [1.54, 1.807) is 0 Å². The van der Waals surface area contributed by atoms with Crippen LogP contribution in [0.3, 0.4) is 0 Å². The number of alkyl halides is 2. The van der Waals surface area contributed by atoms with Crippen molar-refractivity contribution in [3.8, 4) is 0 Å². The zero-order chi connectivity index (χ0) is 11.6. The molecule has 0 aliphatic heterocycles. The predicted octanol–water partition coefficient (Wildman–Crippen LogP) is 0.758. The van der Waals surface area contributed by atoms with Gasteiger partial charge in [0.2, 0.25) is 0 Å². The normalized spacial score (nSPS) is 10.7. The van der Waals surface area contributed by atoms with Crippen LogP contribution >= 0.6 is 0 Å². The molecule has 0 bridgehead atoms. The standard InChI is InChI=1S/C8H9F2N3O2/c9-6(10)5-4(8(14)15)1-3(2-11)7(12)13-5/h1,6H,2,11H2,(H2,12,13)(H,14,15). The molecule has 0 saturated carbocycles. The number of nitrogens with zero attached hydrogens (tertiary/aromatic N) is 1. The second kappa shape index (κ2) is 4.18. The Morgan fingerprint density at radius 3 is 2.60 bits per heavy atom. The SMILES string of the molecule is NCc1cc(C(=O)O)c(C(F)F)nc1N. The quantitative estimate of drug-likeness (QED) is 0.693.